The van der Waals surface area contributed by atoms with Crippen LogP contribution in [0.3, 0.4) is 0 Å². The number of nitrogens with one attached hydrogen (secondary N) is 3. The fourth-order valence-electron chi connectivity index (χ4n) is 3.00. The zero-order valence-corrected chi connectivity index (χ0v) is 18.0. The molecule has 3 N–H and O–H groups in total. The molecule has 12 heteroatoms. The molecule has 1 saturated heterocycles. The van der Waals surface area contributed by atoms with Crippen molar-refractivity contribution in [2.45, 2.75) is 24.8 Å². The van der Waals surface area contributed by atoms with Gasteiger partial charge in [-0.25, -0.2) is 17.6 Å². The number of halogens is 1. The molecule has 3 amide bonds. The summed E-state index contributed by atoms with van der Waals surface area (Å²) < 4.78 is 47.2. The second-order valence-electron chi connectivity index (χ2n) is 7.03. The SMILES string of the molecule is CC(=O)NC[C@H]1CN(c2ccc(NS(=O)(=O)c3cccc(NC(C)=O)c3)c(F)c2)C(=O)O1. The zero-order valence-electron chi connectivity index (χ0n) is 17.2. The van der Waals surface area contributed by atoms with Gasteiger partial charge in [-0.15, -0.1) is 0 Å². The van der Waals surface area contributed by atoms with Gasteiger partial charge in [-0.2, -0.15) is 0 Å². The van der Waals surface area contributed by atoms with E-state index < -0.39 is 28.0 Å². The van der Waals surface area contributed by atoms with Gasteiger partial charge < -0.3 is 15.4 Å². The van der Waals surface area contributed by atoms with Crippen LogP contribution in [0, 0.1) is 5.82 Å². The second-order valence-corrected chi connectivity index (χ2v) is 8.71. The summed E-state index contributed by atoms with van der Waals surface area (Å²) in [6.45, 7) is 2.84. The normalized spacial score (nSPS) is 15.8. The molecule has 3 rings (SSSR count). The molecule has 2 aromatic carbocycles. The van der Waals surface area contributed by atoms with Crippen LogP contribution in [0.25, 0.3) is 0 Å². The standard InChI is InChI=1S/C20H21FN4O6S/c1-12(26)22-10-16-11-25(20(28)31-16)15-6-7-19(18(21)9-15)24-32(29,30)17-5-3-4-14(8-17)23-13(2)27/h3-9,16,24H,10-11H2,1-2H3,(H,22,26)(H,23,27)/t16-/m0/s1. The molecule has 0 bridgehead atoms. The Morgan fingerprint density at radius 2 is 1.91 bits per heavy atom. The van der Waals surface area contributed by atoms with E-state index in [4.69, 9.17) is 4.74 Å². The quantitative estimate of drug-likeness (QED) is 0.574. The van der Waals surface area contributed by atoms with Crippen LogP contribution in [-0.4, -0.2) is 45.5 Å². The predicted octanol–water partition coefficient (Wildman–Crippen LogP) is 2.05. The number of carbonyl (C=O) groups excluding carboxylic acids is 3. The Kier molecular flexibility index (Phi) is 6.63. The van der Waals surface area contributed by atoms with Gasteiger partial charge in [-0.05, 0) is 36.4 Å². The zero-order chi connectivity index (χ0) is 23.5. The summed E-state index contributed by atoms with van der Waals surface area (Å²) in [5.41, 5.74) is 0.132. The number of hydrogen-bond donors (Lipinski definition) is 3. The van der Waals surface area contributed by atoms with Crippen molar-refractivity contribution in [1.82, 2.24) is 5.32 Å². The van der Waals surface area contributed by atoms with Crippen LogP contribution < -0.4 is 20.3 Å². The van der Waals surface area contributed by atoms with Crippen molar-refractivity contribution < 1.29 is 31.9 Å². The smallest absolute Gasteiger partial charge is 0.414 e. The van der Waals surface area contributed by atoms with Gasteiger partial charge in [0.25, 0.3) is 10.0 Å². The minimum atomic E-state index is -4.15. The van der Waals surface area contributed by atoms with E-state index in [9.17, 15) is 27.2 Å². The molecule has 0 spiro atoms. The van der Waals surface area contributed by atoms with E-state index in [0.29, 0.717) is 0 Å². The molecule has 1 fully saturated rings. The van der Waals surface area contributed by atoms with Gasteiger partial charge in [-0.3, -0.25) is 19.2 Å². The van der Waals surface area contributed by atoms with E-state index in [-0.39, 0.29) is 46.9 Å². The van der Waals surface area contributed by atoms with E-state index in [0.717, 1.165) is 6.07 Å². The second kappa shape index (κ2) is 9.22. The lowest BCUT2D eigenvalue weighted by Gasteiger charge is -2.15. The molecule has 0 aromatic heterocycles. The van der Waals surface area contributed by atoms with Crippen molar-refractivity contribution in [1.29, 1.82) is 0 Å². The number of anilines is 3. The first-order valence-electron chi connectivity index (χ1n) is 9.48. The molecule has 1 aliphatic rings. The Morgan fingerprint density at radius 3 is 2.56 bits per heavy atom. The third-order valence-electron chi connectivity index (χ3n) is 4.43. The first-order valence-corrected chi connectivity index (χ1v) is 11.0. The van der Waals surface area contributed by atoms with Gasteiger partial charge in [0.1, 0.15) is 11.9 Å². The summed E-state index contributed by atoms with van der Waals surface area (Å²) in [7, 11) is -4.15. The lowest BCUT2D eigenvalue weighted by Crippen LogP contribution is -2.33. The van der Waals surface area contributed by atoms with Crippen LogP contribution in [0.1, 0.15) is 13.8 Å². The molecule has 0 saturated carbocycles. The van der Waals surface area contributed by atoms with Gasteiger partial charge in [0, 0.05) is 19.5 Å². The number of nitrogens with zero attached hydrogens (tertiary/aromatic N) is 1. The van der Waals surface area contributed by atoms with Gasteiger partial charge in [-0.1, -0.05) is 6.07 Å². The van der Waals surface area contributed by atoms with E-state index in [1.807, 2.05) is 0 Å². The number of ether oxygens (including phenoxy) is 1. The van der Waals surface area contributed by atoms with Crippen molar-refractivity contribution in [2.75, 3.05) is 28.0 Å². The van der Waals surface area contributed by atoms with Crippen molar-refractivity contribution in [3.8, 4) is 0 Å². The Labute approximate surface area is 183 Å². The lowest BCUT2D eigenvalue weighted by molar-refractivity contribution is -0.119. The monoisotopic (exact) mass is 464 g/mol. The molecule has 1 aliphatic heterocycles. The Bertz CT molecular complexity index is 1170. The maximum absolute atomic E-state index is 14.7. The Hall–Kier alpha value is -3.67. The largest absolute Gasteiger partial charge is 0.442 e. The summed E-state index contributed by atoms with van der Waals surface area (Å²) in [5.74, 6) is -1.54. The van der Waals surface area contributed by atoms with Crippen molar-refractivity contribution in [3.63, 3.8) is 0 Å². The lowest BCUT2D eigenvalue weighted by atomic mass is 10.2. The van der Waals surface area contributed by atoms with E-state index in [1.54, 1.807) is 0 Å². The maximum Gasteiger partial charge on any atom is 0.414 e. The molecule has 0 unspecified atom stereocenters. The first-order chi connectivity index (χ1) is 15.0. The average molecular weight is 464 g/mol. The molecule has 1 heterocycles. The molecule has 2 aromatic rings. The predicted molar refractivity (Wildman–Crippen MR) is 114 cm³/mol. The highest BCUT2D eigenvalue weighted by atomic mass is 32.2. The summed E-state index contributed by atoms with van der Waals surface area (Å²) >= 11 is 0. The minimum absolute atomic E-state index is 0.0968. The molecule has 170 valence electrons. The van der Waals surface area contributed by atoms with Crippen LogP contribution in [0.4, 0.5) is 26.2 Å². The Balaban J connectivity index is 1.75. The van der Waals surface area contributed by atoms with E-state index in [2.05, 4.69) is 15.4 Å². The van der Waals surface area contributed by atoms with Gasteiger partial charge in [0.2, 0.25) is 11.8 Å². The number of hydrogen-bond acceptors (Lipinski definition) is 6. The number of rotatable bonds is 7. The fourth-order valence-corrected chi connectivity index (χ4v) is 4.11. The maximum atomic E-state index is 14.7. The third-order valence-corrected chi connectivity index (χ3v) is 5.79. The number of amides is 3. The van der Waals surface area contributed by atoms with E-state index >= 15 is 0 Å². The fraction of sp³-hybridized carbons (Fsp3) is 0.250. The van der Waals surface area contributed by atoms with Gasteiger partial charge in [0.05, 0.1) is 29.4 Å². The van der Waals surface area contributed by atoms with Crippen LogP contribution in [0.5, 0.6) is 0 Å². The van der Waals surface area contributed by atoms with Gasteiger partial charge >= 0.3 is 6.09 Å². The minimum Gasteiger partial charge on any atom is -0.442 e. The van der Waals surface area contributed by atoms with Crippen LogP contribution in [-0.2, 0) is 24.3 Å². The summed E-state index contributed by atoms with van der Waals surface area (Å²) in [5, 5.41) is 5.02. The highest BCUT2D eigenvalue weighted by molar-refractivity contribution is 7.92. The number of sulfonamides is 1. The molecule has 32 heavy (non-hydrogen) atoms. The molecule has 1 atom stereocenters. The molecular formula is C20H21FN4O6S. The highest BCUT2D eigenvalue weighted by Gasteiger charge is 2.33. The number of benzene rings is 2. The summed E-state index contributed by atoms with van der Waals surface area (Å²) in [6.07, 6.45) is -1.30. The molecule has 0 radical (unpaired) electrons. The van der Waals surface area contributed by atoms with Crippen LogP contribution in [0.2, 0.25) is 0 Å². The number of carbonyl (C=O) groups is 3. The number of cyclic esters (lactones) is 1. The van der Waals surface area contributed by atoms with E-state index in [1.165, 1.54) is 55.1 Å². The topological polar surface area (TPSA) is 134 Å². The molecular weight excluding hydrogens is 443 g/mol. The van der Waals surface area contributed by atoms with Crippen molar-refractivity contribution in [3.05, 3.63) is 48.3 Å². The van der Waals surface area contributed by atoms with Crippen LogP contribution in [0.15, 0.2) is 47.4 Å². The molecule has 10 nitrogen and oxygen atoms in total. The average Bonchev–Trinajstić information content (AvgIpc) is 3.08. The highest BCUT2D eigenvalue weighted by Crippen LogP contribution is 2.27. The molecule has 0 aliphatic carbocycles. The summed E-state index contributed by atoms with van der Waals surface area (Å²) in [6, 6.07) is 9.07. The van der Waals surface area contributed by atoms with Crippen molar-refractivity contribution >= 4 is 45.0 Å². The Morgan fingerprint density at radius 1 is 1.16 bits per heavy atom. The van der Waals surface area contributed by atoms with Gasteiger partial charge in [0.15, 0.2) is 0 Å². The third kappa shape index (κ3) is 5.52. The first kappa shape index (κ1) is 23.0. The van der Waals surface area contributed by atoms with Crippen LogP contribution >= 0.6 is 0 Å². The summed E-state index contributed by atoms with van der Waals surface area (Å²) in [4.78, 5) is 35.3. The van der Waals surface area contributed by atoms with Crippen molar-refractivity contribution in [2.24, 2.45) is 0 Å².